The molecule has 0 saturated carbocycles. The number of benzene rings is 2. The van der Waals surface area contributed by atoms with Gasteiger partial charge in [0.05, 0.1) is 31.6 Å². The number of hydrogen-bond donors (Lipinski definition) is 1. The molecule has 0 amide bonds. The van der Waals surface area contributed by atoms with Gasteiger partial charge in [0.2, 0.25) is 5.95 Å². The van der Waals surface area contributed by atoms with E-state index in [9.17, 15) is 4.79 Å². The molecule has 0 spiro atoms. The maximum Gasteiger partial charge on any atom is 0.337 e. The van der Waals surface area contributed by atoms with Crippen LogP contribution < -0.4 is 10.2 Å². The summed E-state index contributed by atoms with van der Waals surface area (Å²) >= 11 is 0. The van der Waals surface area contributed by atoms with Crippen LogP contribution in [0.25, 0.3) is 11.3 Å². The monoisotopic (exact) mass is 390 g/mol. The van der Waals surface area contributed by atoms with Crippen LogP contribution in [0.5, 0.6) is 0 Å². The lowest BCUT2D eigenvalue weighted by Crippen LogP contribution is -2.37. The van der Waals surface area contributed by atoms with Crippen LogP contribution in [0.3, 0.4) is 0 Å². The van der Waals surface area contributed by atoms with Crippen molar-refractivity contribution in [1.29, 1.82) is 0 Å². The summed E-state index contributed by atoms with van der Waals surface area (Å²) in [6.45, 7) is 2.84. The summed E-state index contributed by atoms with van der Waals surface area (Å²) in [5.41, 5.74) is 3.19. The second-order valence-corrected chi connectivity index (χ2v) is 6.60. The van der Waals surface area contributed by atoms with E-state index in [1.807, 2.05) is 48.5 Å². The van der Waals surface area contributed by atoms with Gasteiger partial charge in [0.25, 0.3) is 0 Å². The number of morpholine rings is 1. The first-order valence-electron chi connectivity index (χ1n) is 9.45. The van der Waals surface area contributed by atoms with E-state index in [1.54, 1.807) is 12.1 Å². The van der Waals surface area contributed by atoms with Crippen LogP contribution >= 0.6 is 0 Å². The minimum Gasteiger partial charge on any atom is -0.465 e. The summed E-state index contributed by atoms with van der Waals surface area (Å²) in [5, 5.41) is 3.32. The first-order chi connectivity index (χ1) is 14.2. The third-order valence-electron chi connectivity index (χ3n) is 4.66. The van der Waals surface area contributed by atoms with Crippen molar-refractivity contribution in [2.45, 2.75) is 0 Å². The van der Waals surface area contributed by atoms with Gasteiger partial charge in [0, 0.05) is 30.4 Å². The molecule has 29 heavy (non-hydrogen) atoms. The van der Waals surface area contributed by atoms with Gasteiger partial charge in [-0.2, -0.15) is 4.98 Å². The van der Waals surface area contributed by atoms with Crippen molar-refractivity contribution in [3.8, 4) is 11.3 Å². The number of nitrogens with one attached hydrogen (secondary N) is 1. The number of esters is 1. The number of carbonyl (C=O) groups is 1. The van der Waals surface area contributed by atoms with Crippen LogP contribution in [0.2, 0.25) is 0 Å². The van der Waals surface area contributed by atoms with E-state index in [-0.39, 0.29) is 5.97 Å². The summed E-state index contributed by atoms with van der Waals surface area (Å²) in [7, 11) is 1.37. The van der Waals surface area contributed by atoms with Gasteiger partial charge in [0.1, 0.15) is 5.82 Å². The molecule has 2 heterocycles. The minimum atomic E-state index is -0.362. The fourth-order valence-electron chi connectivity index (χ4n) is 3.12. The summed E-state index contributed by atoms with van der Waals surface area (Å²) < 4.78 is 10.2. The van der Waals surface area contributed by atoms with Gasteiger partial charge in [-0.05, 0) is 24.3 Å². The molecular formula is C22H22N4O3. The molecule has 2 aromatic carbocycles. The molecule has 0 aliphatic carbocycles. The SMILES string of the molecule is COC(=O)c1ccc(Nc2cc(-c3ccccc3)nc(N3CCOCC3)n2)cc1. The molecule has 1 aliphatic rings. The minimum absolute atomic E-state index is 0.362. The first kappa shape index (κ1) is 18.9. The zero-order valence-corrected chi connectivity index (χ0v) is 16.2. The van der Waals surface area contributed by atoms with Crippen molar-refractivity contribution in [3.05, 3.63) is 66.2 Å². The Kier molecular flexibility index (Phi) is 5.67. The van der Waals surface area contributed by atoms with Crippen molar-refractivity contribution in [2.75, 3.05) is 43.6 Å². The van der Waals surface area contributed by atoms with E-state index in [0.29, 0.717) is 30.5 Å². The number of anilines is 3. The normalized spacial score (nSPS) is 13.8. The Balaban J connectivity index is 1.65. The van der Waals surface area contributed by atoms with E-state index in [2.05, 4.69) is 10.2 Å². The lowest BCUT2D eigenvalue weighted by molar-refractivity contribution is 0.0601. The zero-order valence-electron chi connectivity index (χ0n) is 16.2. The average molecular weight is 390 g/mol. The molecule has 3 aromatic rings. The van der Waals surface area contributed by atoms with Gasteiger partial charge >= 0.3 is 5.97 Å². The van der Waals surface area contributed by atoms with Crippen molar-refractivity contribution >= 4 is 23.4 Å². The molecule has 1 fully saturated rings. The van der Waals surface area contributed by atoms with Crippen LogP contribution in [0, 0.1) is 0 Å². The molecule has 7 heteroatoms. The summed E-state index contributed by atoms with van der Waals surface area (Å²) in [6.07, 6.45) is 0. The van der Waals surface area contributed by atoms with Crippen molar-refractivity contribution in [3.63, 3.8) is 0 Å². The third-order valence-corrected chi connectivity index (χ3v) is 4.66. The van der Waals surface area contributed by atoms with Crippen molar-refractivity contribution in [2.24, 2.45) is 0 Å². The average Bonchev–Trinajstić information content (AvgIpc) is 2.80. The standard InChI is InChI=1S/C22H22N4O3/c1-28-21(27)17-7-9-18(10-8-17)23-20-15-19(16-5-3-2-4-6-16)24-22(25-20)26-11-13-29-14-12-26/h2-10,15H,11-14H2,1H3,(H,23,24,25). The van der Waals surface area contributed by atoms with Gasteiger partial charge < -0.3 is 19.7 Å². The van der Waals surface area contributed by atoms with Crippen LogP contribution in [0.4, 0.5) is 17.5 Å². The number of rotatable bonds is 5. The Bertz CT molecular complexity index is 971. The van der Waals surface area contributed by atoms with E-state index in [1.165, 1.54) is 7.11 Å². The molecule has 0 bridgehead atoms. The van der Waals surface area contributed by atoms with Gasteiger partial charge in [-0.1, -0.05) is 30.3 Å². The number of aromatic nitrogens is 2. The predicted octanol–water partition coefficient (Wildman–Crippen LogP) is 3.51. The fraction of sp³-hybridized carbons (Fsp3) is 0.227. The number of ether oxygens (including phenoxy) is 2. The number of methoxy groups -OCH3 is 1. The van der Waals surface area contributed by atoms with Crippen LogP contribution in [0.1, 0.15) is 10.4 Å². The Hall–Kier alpha value is -3.45. The molecule has 1 aliphatic heterocycles. The van der Waals surface area contributed by atoms with E-state index >= 15 is 0 Å². The van der Waals surface area contributed by atoms with Crippen molar-refractivity contribution < 1.29 is 14.3 Å². The van der Waals surface area contributed by atoms with Crippen LogP contribution in [-0.2, 0) is 9.47 Å². The maximum absolute atomic E-state index is 11.6. The second-order valence-electron chi connectivity index (χ2n) is 6.60. The molecule has 7 nitrogen and oxygen atoms in total. The Labute approximate surface area is 169 Å². The highest BCUT2D eigenvalue weighted by atomic mass is 16.5. The zero-order chi connectivity index (χ0) is 20.1. The lowest BCUT2D eigenvalue weighted by Gasteiger charge is -2.27. The summed E-state index contributed by atoms with van der Waals surface area (Å²) in [6, 6.07) is 19.0. The molecule has 0 unspecified atom stereocenters. The molecule has 0 atom stereocenters. The molecular weight excluding hydrogens is 368 g/mol. The molecule has 1 aromatic heterocycles. The smallest absolute Gasteiger partial charge is 0.337 e. The maximum atomic E-state index is 11.6. The quantitative estimate of drug-likeness (QED) is 0.668. The number of hydrogen-bond acceptors (Lipinski definition) is 7. The van der Waals surface area contributed by atoms with Gasteiger partial charge in [-0.25, -0.2) is 9.78 Å². The molecule has 148 valence electrons. The predicted molar refractivity (Wildman–Crippen MR) is 112 cm³/mol. The van der Waals surface area contributed by atoms with Gasteiger partial charge in [-0.15, -0.1) is 0 Å². The van der Waals surface area contributed by atoms with Gasteiger partial charge in [-0.3, -0.25) is 0 Å². The van der Waals surface area contributed by atoms with E-state index in [0.717, 1.165) is 30.0 Å². The summed E-state index contributed by atoms with van der Waals surface area (Å²) in [5.74, 6) is 0.994. The number of carbonyl (C=O) groups excluding carboxylic acids is 1. The first-order valence-corrected chi connectivity index (χ1v) is 9.45. The van der Waals surface area contributed by atoms with E-state index < -0.39 is 0 Å². The van der Waals surface area contributed by atoms with Crippen LogP contribution in [0.15, 0.2) is 60.7 Å². The highest BCUT2D eigenvalue weighted by molar-refractivity contribution is 5.89. The third kappa shape index (κ3) is 4.52. The molecule has 1 N–H and O–H groups in total. The van der Waals surface area contributed by atoms with Crippen molar-refractivity contribution in [1.82, 2.24) is 9.97 Å². The van der Waals surface area contributed by atoms with Gasteiger partial charge in [0.15, 0.2) is 0 Å². The highest BCUT2D eigenvalue weighted by Gasteiger charge is 2.16. The highest BCUT2D eigenvalue weighted by Crippen LogP contribution is 2.25. The Morgan fingerprint density at radius 1 is 1.03 bits per heavy atom. The Morgan fingerprint density at radius 3 is 2.45 bits per heavy atom. The summed E-state index contributed by atoms with van der Waals surface area (Å²) in [4.78, 5) is 23.2. The topological polar surface area (TPSA) is 76.6 Å². The Morgan fingerprint density at radius 2 is 1.76 bits per heavy atom. The fourth-order valence-corrected chi connectivity index (χ4v) is 3.12. The van der Waals surface area contributed by atoms with E-state index in [4.69, 9.17) is 19.4 Å². The molecule has 1 saturated heterocycles. The molecule has 0 radical (unpaired) electrons. The number of nitrogens with zero attached hydrogens (tertiary/aromatic N) is 3. The van der Waals surface area contributed by atoms with Crippen LogP contribution in [-0.4, -0.2) is 49.4 Å². The largest absolute Gasteiger partial charge is 0.465 e. The lowest BCUT2D eigenvalue weighted by atomic mass is 10.1. The second kappa shape index (κ2) is 8.70. The molecule has 4 rings (SSSR count).